The maximum Gasteiger partial charge on any atom is 0.255 e. The predicted octanol–water partition coefficient (Wildman–Crippen LogP) is 4.12. The van der Waals surface area contributed by atoms with Crippen LogP contribution in [-0.2, 0) is 0 Å². The van der Waals surface area contributed by atoms with Crippen LogP contribution in [0.5, 0.6) is 5.75 Å². The number of rotatable bonds is 5. The minimum Gasteiger partial charge on any atom is -0.496 e. The highest BCUT2D eigenvalue weighted by Gasteiger charge is 2.20. The van der Waals surface area contributed by atoms with E-state index in [0.29, 0.717) is 32.1 Å². The Morgan fingerprint density at radius 2 is 2.00 bits per heavy atom. The Kier molecular flexibility index (Phi) is 5.84. The molecule has 140 valence electrons. The molecule has 1 unspecified atom stereocenters. The number of carbonyl (C=O) groups is 1. The molecule has 0 saturated carbocycles. The first-order chi connectivity index (χ1) is 12.9. The summed E-state index contributed by atoms with van der Waals surface area (Å²) in [6.45, 7) is 1.80. The van der Waals surface area contributed by atoms with Crippen LogP contribution in [0, 0.1) is 0 Å². The number of halogens is 3. The Balaban J connectivity index is 1.90. The van der Waals surface area contributed by atoms with Crippen molar-refractivity contribution in [3.05, 3.63) is 62.9 Å². The van der Waals surface area contributed by atoms with Crippen molar-refractivity contribution in [2.24, 2.45) is 0 Å². The number of ether oxygens (including phenoxy) is 1. The van der Waals surface area contributed by atoms with Gasteiger partial charge in [0.25, 0.3) is 5.91 Å². The number of hydrogen-bond donors (Lipinski definition) is 1. The second-order valence-corrected chi connectivity index (χ2v) is 6.79. The molecule has 27 heavy (non-hydrogen) atoms. The summed E-state index contributed by atoms with van der Waals surface area (Å²) in [5.41, 5.74) is 1.46. The van der Waals surface area contributed by atoms with Crippen LogP contribution in [0.25, 0.3) is 5.69 Å². The average Bonchev–Trinajstić information content (AvgIpc) is 3.18. The van der Waals surface area contributed by atoms with Gasteiger partial charge in [0.1, 0.15) is 12.1 Å². The molecule has 1 aromatic heterocycles. The van der Waals surface area contributed by atoms with Gasteiger partial charge >= 0.3 is 0 Å². The van der Waals surface area contributed by atoms with Gasteiger partial charge in [-0.3, -0.25) is 4.79 Å². The molecule has 0 aliphatic heterocycles. The van der Waals surface area contributed by atoms with Crippen molar-refractivity contribution in [1.82, 2.24) is 25.5 Å². The summed E-state index contributed by atoms with van der Waals surface area (Å²) in [6, 6.07) is 7.95. The van der Waals surface area contributed by atoms with Crippen LogP contribution >= 0.6 is 34.8 Å². The van der Waals surface area contributed by atoms with Gasteiger partial charge < -0.3 is 10.1 Å². The van der Waals surface area contributed by atoms with Crippen LogP contribution in [0.4, 0.5) is 0 Å². The van der Waals surface area contributed by atoms with E-state index in [2.05, 4.69) is 20.8 Å². The first kappa shape index (κ1) is 19.4. The lowest BCUT2D eigenvalue weighted by molar-refractivity contribution is 0.0937. The van der Waals surface area contributed by atoms with E-state index in [0.717, 1.165) is 0 Å². The van der Waals surface area contributed by atoms with Crippen LogP contribution in [0.3, 0.4) is 0 Å². The maximum absolute atomic E-state index is 12.8. The van der Waals surface area contributed by atoms with Gasteiger partial charge in [0.15, 0.2) is 0 Å². The van der Waals surface area contributed by atoms with E-state index in [1.54, 1.807) is 31.2 Å². The lowest BCUT2D eigenvalue weighted by Crippen LogP contribution is -2.27. The van der Waals surface area contributed by atoms with Gasteiger partial charge in [0.2, 0.25) is 0 Å². The van der Waals surface area contributed by atoms with Crippen LogP contribution in [0.15, 0.2) is 36.7 Å². The van der Waals surface area contributed by atoms with E-state index >= 15 is 0 Å². The minimum atomic E-state index is -0.383. The molecule has 1 heterocycles. The summed E-state index contributed by atoms with van der Waals surface area (Å²) in [6.07, 6.45) is 1.39. The van der Waals surface area contributed by atoms with E-state index in [1.807, 2.05) is 0 Å². The van der Waals surface area contributed by atoms with Gasteiger partial charge in [-0.05, 0) is 35.0 Å². The number of hydrogen-bond acceptors (Lipinski definition) is 5. The van der Waals surface area contributed by atoms with Gasteiger partial charge in [0, 0.05) is 6.07 Å². The topological polar surface area (TPSA) is 81.9 Å². The summed E-state index contributed by atoms with van der Waals surface area (Å²) in [5, 5.41) is 14.9. The Bertz CT molecular complexity index is 979. The molecule has 0 radical (unpaired) electrons. The zero-order chi connectivity index (χ0) is 19.6. The molecule has 3 rings (SSSR count). The second kappa shape index (κ2) is 8.12. The molecule has 1 amide bonds. The summed E-state index contributed by atoms with van der Waals surface area (Å²) < 4.78 is 6.72. The quantitative estimate of drug-likeness (QED) is 0.663. The number of benzene rings is 2. The smallest absolute Gasteiger partial charge is 0.255 e. The van der Waals surface area contributed by atoms with Crippen LogP contribution in [0.1, 0.15) is 28.9 Å². The van der Waals surface area contributed by atoms with E-state index in [-0.39, 0.29) is 17.5 Å². The highest BCUT2D eigenvalue weighted by atomic mass is 35.5. The first-order valence-corrected chi connectivity index (χ1v) is 8.91. The van der Waals surface area contributed by atoms with E-state index in [4.69, 9.17) is 39.5 Å². The Hall–Kier alpha value is -2.35. The fourth-order valence-electron chi connectivity index (χ4n) is 2.54. The third-order valence-corrected chi connectivity index (χ3v) is 5.04. The fourth-order valence-corrected chi connectivity index (χ4v) is 3.27. The summed E-state index contributed by atoms with van der Waals surface area (Å²) in [7, 11) is 1.46. The van der Waals surface area contributed by atoms with E-state index in [9.17, 15) is 4.79 Å². The molecule has 2 aromatic carbocycles. The van der Waals surface area contributed by atoms with E-state index in [1.165, 1.54) is 24.2 Å². The highest BCUT2D eigenvalue weighted by Crippen LogP contribution is 2.32. The predicted molar refractivity (Wildman–Crippen MR) is 103 cm³/mol. The zero-order valence-electron chi connectivity index (χ0n) is 14.3. The number of aromatic nitrogens is 4. The van der Waals surface area contributed by atoms with E-state index < -0.39 is 0 Å². The molecule has 7 nitrogen and oxygen atoms in total. The number of tetrazole rings is 1. The number of amides is 1. The van der Waals surface area contributed by atoms with Crippen molar-refractivity contribution in [2.45, 2.75) is 13.0 Å². The molecule has 0 saturated heterocycles. The Morgan fingerprint density at radius 3 is 2.67 bits per heavy atom. The lowest BCUT2D eigenvalue weighted by atomic mass is 10.1. The zero-order valence-corrected chi connectivity index (χ0v) is 16.5. The van der Waals surface area contributed by atoms with Gasteiger partial charge in [-0.1, -0.05) is 46.9 Å². The van der Waals surface area contributed by atoms with Crippen LogP contribution < -0.4 is 10.1 Å². The lowest BCUT2D eigenvalue weighted by Gasteiger charge is -2.18. The standard InChI is InChI=1S/C17H14Cl3N5O2/c1-9(10-4-3-5-12(18)16(10)20)22-17(26)11-6-13(19)14(7-15(11)27-2)25-8-21-23-24-25/h3-9H,1-2H3,(H,22,26). The molecule has 1 atom stereocenters. The average molecular weight is 427 g/mol. The molecule has 0 aliphatic rings. The van der Waals surface area contributed by atoms with Crippen molar-refractivity contribution in [3.63, 3.8) is 0 Å². The minimum absolute atomic E-state index is 0.268. The first-order valence-electron chi connectivity index (χ1n) is 7.78. The van der Waals surface area contributed by atoms with Crippen molar-refractivity contribution >= 4 is 40.7 Å². The maximum atomic E-state index is 12.8. The highest BCUT2D eigenvalue weighted by molar-refractivity contribution is 6.42. The molecule has 0 spiro atoms. The van der Waals surface area contributed by atoms with Gasteiger partial charge in [-0.2, -0.15) is 4.68 Å². The number of nitrogens with one attached hydrogen (secondary N) is 1. The fraction of sp³-hybridized carbons (Fsp3) is 0.176. The monoisotopic (exact) mass is 425 g/mol. The molecular weight excluding hydrogens is 413 g/mol. The summed E-state index contributed by atoms with van der Waals surface area (Å²) in [5.74, 6) is -0.0488. The molecule has 0 aliphatic carbocycles. The van der Waals surface area contributed by atoms with Crippen molar-refractivity contribution in [1.29, 1.82) is 0 Å². The molecule has 3 aromatic rings. The molecular formula is C17H14Cl3N5O2. The van der Waals surface area contributed by atoms with Gasteiger partial charge in [0.05, 0.1) is 39.5 Å². The molecule has 0 fully saturated rings. The molecule has 10 heteroatoms. The largest absolute Gasteiger partial charge is 0.496 e. The third-order valence-electron chi connectivity index (χ3n) is 3.90. The molecule has 0 bridgehead atoms. The number of carbonyl (C=O) groups excluding carboxylic acids is 1. The Labute approximate surface area is 170 Å². The van der Waals surface area contributed by atoms with Gasteiger partial charge in [-0.15, -0.1) is 5.10 Å². The normalized spacial score (nSPS) is 11.9. The van der Waals surface area contributed by atoms with Gasteiger partial charge in [-0.25, -0.2) is 0 Å². The third kappa shape index (κ3) is 4.00. The summed E-state index contributed by atoms with van der Waals surface area (Å²) in [4.78, 5) is 12.8. The number of nitrogens with zero attached hydrogens (tertiary/aromatic N) is 4. The Morgan fingerprint density at radius 1 is 1.22 bits per heavy atom. The van der Waals surface area contributed by atoms with Crippen molar-refractivity contribution in [2.75, 3.05) is 7.11 Å². The van der Waals surface area contributed by atoms with Crippen molar-refractivity contribution < 1.29 is 9.53 Å². The second-order valence-electron chi connectivity index (χ2n) is 5.60. The molecule has 1 N–H and O–H groups in total. The van der Waals surface area contributed by atoms with Crippen molar-refractivity contribution in [3.8, 4) is 11.4 Å². The van der Waals surface area contributed by atoms with Crippen LogP contribution in [-0.4, -0.2) is 33.2 Å². The number of methoxy groups -OCH3 is 1. The SMILES string of the molecule is COc1cc(-n2cnnn2)c(Cl)cc1C(=O)NC(C)c1cccc(Cl)c1Cl. The van der Waals surface area contributed by atoms with Crippen LogP contribution in [0.2, 0.25) is 15.1 Å². The summed E-state index contributed by atoms with van der Waals surface area (Å²) >= 11 is 18.6.